The fourth-order valence-electron chi connectivity index (χ4n) is 2.32. The molecule has 0 aromatic heterocycles. The van der Waals surface area contributed by atoms with Gasteiger partial charge in [0.05, 0.1) is 6.61 Å². The van der Waals surface area contributed by atoms with Gasteiger partial charge in [0.2, 0.25) is 0 Å². The molecule has 0 saturated carbocycles. The molecule has 0 spiro atoms. The van der Waals surface area contributed by atoms with Crippen LogP contribution >= 0.6 is 0 Å². The highest BCUT2D eigenvalue weighted by Gasteiger charge is 2.02. The van der Waals surface area contributed by atoms with Gasteiger partial charge in [-0.2, -0.15) is 0 Å². The Kier molecular flexibility index (Phi) is 9.88. The van der Waals surface area contributed by atoms with Gasteiger partial charge in [-0.05, 0) is 30.7 Å². The molecule has 0 aliphatic rings. The zero-order valence-corrected chi connectivity index (χ0v) is 13.6. The van der Waals surface area contributed by atoms with Crippen LogP contribution in [0.15, 0.2) is 18.2 Å². The molecule has 21 heavy (non-hydrogen) atoms. The standard InChI is InChI=1S/C18H30FNO/c1-3-5-6-7-8-9-10-11-21-18-13-16(15-20-4-2)12-17(19)14-18/h12-14,20H,3-11,15H2,1-2H3. The predicted octanol–water partition coefficient (Wildman–Crippen LogP) is 5.06. The van der Waals surface area contributed by atoms with Gasteiger partial charge in [0.25, 0.3) is 0 Å². The zero-order chi connectivity index (χ0) is 15.3. The summed E-state index contributed by atoms with van der Waals surface area (Å²) in [6.45, 7) is 6.51. The Labute approximate surface area is 129 Å². The van der Waals surface area contributed by atoms with Gasteiger partial charge in [-0.15, -0.1) is 0 Å². The zero-order valence-electron chi connectivity index (χ0n) is 13.6. The van der Waals surface area contributed by atoms with Crippen LogP contribution in [0.25, 0.3) is 0 Å². The number of benzene rings is 1. The minimum atomic E-state index is -0.222. The maximum Gasteiger partial charge on any atom is 0.127 e. The molecular formula is C18H30FNO. The van der Waals surface area contributed by atoms with Crippen LogP contribution in [0.2, 0.25) is 0 Å². The van der Waals surface area contributed by atoms with Gasteiger partial charge in [-0.3, -0.25) is 0 Å². The molecule has 120 valence electrons. The average Bonchev–Trinajstić information content (AvgIpc) is 2.47. The van der Waals surface area contributed by atoms with Crippen LogP contribution in [-0.2, 0) is 6.54 Å². The highest BCUT2D eigenvalue weighted by atomic mass is 19.1. The van der Waals surface area contributed by atoms with E-state index in [4.69, 9.17) is 4.74 Å². The highest BCUT2D eigenvalue weighted by Crippen LogP contribution is 2.17. The van der Waals surface area contributed by atoms with Gasteiger partial charge < -0.3 is 10.1 Å². The van der Waals surface area contributed by atoms with Crippen molar-refractivity contribution in [3.05, 3.63) is 29.6 Å². The fourth-order valence-corrected chi connectivity index (χ4v) is 2.32. The molecule has 0 aliphatic heterocycles. The Morgan fingerprint density at radius 3 is 2.38 bits per heavy atom. The first kappa shape index (κ1) is 18.0. The number of nitrogens with one attached hydrogen (secondary N) is 1. The molecule has 3 heteroatoms. The van der Waals surface area contributed by atoms with Crippen LogP contribution in [-0.4, -0.2) is 13.2 Å². The number of halogens is 1. The van der Waals surface area contributed by atoms with E-state index in [1.165, 1.54) is 44.6 Å². The number of unbranched alkanes of at least 4 members (excludes halogenated alkanes) is 6. The first-order chi connectivity index (χ1) is 10.3. The molecule has 0 amide bonds. The fraction of sp³-hybridized carbons (Fsp3) is 0.667. The summed E-state index contributed by atoms with van der Waals surface area (Å²) in [7, 11) is 0. The third-order valence-electron chi connectivity index (χ3n) is 3.53. The number of ether oxygens (including phenoxy) is 1. The van der Waals surface area contributed by atoms with E-state index in [1.54, 1.807) is 6.07 Å². The molecule has 0 bridgehead atoms. The lowest BCUT2D eigenvalue weighted by Crippen LogP contribution is -2.12. The summed E-state index contributed by atoms with van der Waals surface area (Å²) in [6, 6.07) is 4.95. The second-order valence-electron chi connectivity index (χ2n) is 5.55. The molecule has 1 aromatic carbocycles. The Balaban J connectivity index is 2.20. The van der Waals surface area contributed by atoms with Gasteiger partial charge in [0, 0.05) is 12.6 Å². The Bertz CT molecular complexity index is 381. The van der Waals surface area contributed by atoms with Crippen molar-refractivity contribution in [2.75, 3.05) is 13.2 Å². The molecule has 0 radical (unpaired) electrons. The van der Waals surface area contributed by atoms with Gasteiger partial charge in [-0.25, -0.2) is 4.39 Å². The Morgan fingerprint density at radius 2 is 1.67 bits per heavy atom. The maximum atomic E-state index is 13.5. The van der Waals surface area contributed by atoms with Crippen LogP contribution in [0.1, 0.15) is 64.4 Å². The van der Waals surface area contributed by atoms with Crippen LogP contribution in [0.5, 0.6) is 5.75 Å². The van der Waals surface area contributed by atoms with Gasteiger partial charge in [0.15, 0.2) is 0 Å². The third-order valence-corrected chi connectivity index (χ3v) is 3.53. The van der Waals surface area contributed by atoms with Crippen molar-refractivity contribution >= 4 is 0 Å². The minimum absolute atomic E-state index is 0.222. The quantitative estimate of drug-likeness (QED) is 0.544. The molecular weight excluding hydrogens is 265 g/mol. The number of hydrogen-bond donors (Lipinski definition) is 1. The van der Waals surface area contributed by atoms with Crippen LogP contribution in [0.3, 0.4) is 0 Å². The smallest absolute Gasteiger partial charge is 0.127 e. The highest BCUT2D eigenvalue weighted by molar-refractivity contribution is 5.29. The SMILES string of the molecule is CCCCCCCCCOc1cc(F)cc(CNCC)c1. The average molecular weight is 295 g/mol. The molecule has 1 rings (SSSR count). The summed E-state index contributed by atoms with van der Waals surface area (Å²) in [6.07, 6.45) is 8.81. The first-order valence-corrected chi connectivity index (χ1v) is 8.39. The van der Waals surface area contributed by atoms with E-state index in [-0.39, 0.29) is 5.82 Å². The Hall–Kier alpha value is -1.09. The third kappa shape index (κ3) is 8.71. The summed E-state index contributed by atoms with van der Waals surface area (Å²) < 4.78 is 19.2. The summed E-state index contributed by atoms with van der Waals surface area (Å²) in [5.41, 5.74) is 0.936. The second kappa shape index (κ2) is 11.6. The van der Waals surface area contributed by atoms with Crippen LogP contribution in [0.4, 0.5) is 4.39 Å². The van der Waals surface area contributed by atoms with E-state index < -0.39 is 0 Å². The molecule has 0 aliphatic carbocycles. The Morgan fingerprint density at radius 1 is 0.952 bits per heavy atom. The molecule has 2 nitrogen and oxygen atoms in total. The molecule has 0 fully saturated rings. The van der Waals surface area contributed by atoms with Crippen molar-refractivity contribution in [2.45, 2.75) is 65.3 Å². The summed E-state index contributed by atoms with van der Waals surface area (Å²) in [5.74, 6) is 0.425. The van der Waals surface area contributed by atoms with Crippen molar-refractivity contribution in [3.8, 4) is 5.75 Å². The van der Waals surface area contributed by atoms with E-state index in [0.29, 0.717) is 18.9 Å². The molecule has 0 atom stereocenters. The maximum absolute atomic E-state index is 13.5. The van der Waals surface area contributed by atoms with Crippen molar-refractivity contribution < 1.29 is 9.13 Å². The lowest BCUT2D eigenvalue weighted by Gasteiger charge is -2.09. The van der Waals surface area contributed by atoms with Crippen molar-refractivity contribution in [1.82, 2.24) is 5.32 Å². The van der Waals surface area contributed by atoms with Crippen molar-refractivity contribution in [3.63, 3.8) is 0 Å². The molecule has 0 heterocycles. The van der Waals surface area contributed by atoms with E-state index >= 15 is 0 Å². The number of rotatable bonds is 12. The summed E-state index contributed by atoms with van der Waals surface area (Å²) in [5, 5.41) is 3.20. The van der Waals surface area contributed by atoms with Crippen molar-refractivity contribution in [2.24, 2.45) is 0 Å². The molecule has 0 unspecified atom stereocenters. The minimum Gasteiger partial charge on any atom is -0.493 e. The van der Waals surface area contributed by atoms with Gasteiger partial charge in [0.1, 0.15) is 11.6 Å². The molecule has 1 aromatic rings. The normalized spacial score (nSPS) is 10.8. The molecule has 1 N–H and O–H groups in total. The topological polar surface area (TPSA) is 21.3 Å². The molecule has 0 saturated heterocycles. The van der Waals surface area contributed by atoms with E-state index in [0.717, 1.165) is 18.5 Å². The van der Waals surface area contributed by atoms with Crippen LogP contribution < -0.4 is 10.1 Å². The van der Waals surface area contributed by atoms with Crippen LogP contribution in [0, 0.1) is 5.82 Å². The van der Waals surface area contributed by atoms with E-state index in [1.807, 2.05) is 13.0 Å². The second-order valence-corrected chi connectivity index (χ2v) is 5.55. The van der Waals surface area contributed by atoms with E-state index in [9.17, 15) is 4.39 Å². The van der Waals surface area contributed by atoms with E-state index in [2.05, 4.69) is 12.2 Å². The summed E-state index contributed by atoms with van der Waals surface area (Å²) >= 11 is 0. The first-order valence-electron chi connectivity index (χ1n) is 8.39. The summed E-state index contributed by atoms with van der Waals surface area (Å²) in [4.78, 5) is 0. The van der Waals surface area contributed by atoms with Gasteiger partial charge in [-0.1, -0.05) is 52.4 Å². The number of hydrogen-bond acceptors (Lipinski definition) is 2. The largest absolute Gasteiger partial charge is 0.493 e. The lowest BCUT2D eigenvalue weighted by atomic mass is 10.1. The van der Waals surface area contributed by atoms with Crippen molar-refractivity contribution in [1.29, 1.82) is 0 Å². The lowest BCUT2D eigenvalue weighted by molar-refractivity contribution is 0.302. The monoisotopic (exact) mass is 295 g/mol. The van der Waals surface area contributed by atoms with Gasteiger partial charge >= 0.3 is 0 Å². The predicted molar refractivity (Wildman–Crippen MR) is 87.3 cm³/mol.